The van der Waals surface area contributed by atoms with Gasteiger partial charge in [-0.3, -0.25) is 13.9 Å². The van der Waals surface area contributed by atoms with Gasteiger partial charge in [0, 0.05) is 38.9 Å². The molecule has 9 nitrogen and oxygen atoms in total. The van der Waals surface area contributed by atoms with Crippen molar-refractivity contribution in [2.24, 2.45) is 7.05 Å². The number of benzene rings is 1. The zero-order chi connectivity index (χ0) is 20.3. The molecule has 1 aromatic heterocycles. The SMILES string of the molecule is Cc1c(N2CCNCC2)c(=O)n(C[C@H](NC(=O)O)c2ccccc2)c(=O)n1C. The zero-order valence-corrected chi connectivity index (χ0v) is 16.0. The maximum atomic E-state index is 13.2. The number of hydrogen-bond acceptors (Lipinski definition) is 5. The van der Waals surface area contributed by atoms with E-state index in [0.717, 1.165) is 17.7 Å². The molecule has 2 aromatic rings. The summed E-state index contributed by atoms with van der Waals surface area (Å²) in [7, 11) is 1.63. The average molecular weight is 387 g/mol. The first-order valence-corrected chi connectivity index (χ1v) is 9.20. The van der Waals surface area contributed by atoms with E-state index in [1.807, 2.05) is 11.0 Å². The Labute approximate surface area is 162 Å². The van der Waals surface area contributed by atoms with Crippen molar-refractivity contribution in [2.75, 3.05) is 31.1 Å². The van der Waals surface area contributed by atoms with Crippen molar-refractivity contribution in [3.63, 3.8) is 0 Å². The minimum atomic E-state index is -1.21. The molecule has 1 aliphatic rings. The lowest BCUT2D eigenvalue weighted by molar-refractivity contribution is 0.188. The number of hydrogen-bond donors (Lipinski definition) is 3. The molecule has 1 fully saturated rings. The molecule has 150 valence electrons. The number of aromatic nitrogens is 2. The van der Waals surface area contributed by atoms with Gasteiger partial charge in [0.25, 0.3) is 5.56 Å². The molecule has 1 amide bonds. The third-order valence-corrected chi connectivity index (χ3v) is 5.11. The second kappa shape index (κ2) is 8.30. The molecule has 3 N–H and O–H groups in total. The van der Waals surface area contributed by atoms with Crippen LogP contribution >= 0.6 is 0 Å². The fourth-order valence-electron chi connectivity index (χ4n) is 3.52. The quantitative estimate of drug-likeness (QED) is 0.680. The van der Waals surface area contributed by atoms with Crippen LogP contribution in [0.2, 0.25) is 0 Å². The van der Waals surface area contributed by atoms with Crippen LogP contribution in [0.15, 0.2) is 39.9 Å². The summed E-state index contributed by atoms with van der Waals surface area (Å²) >= 11 is 0. The number of anilines is 1. The van der Waals surface area contributed by atoms with Crippen molar-refractivity contribution in [1.82, 2.24) is 19.8 Å². The molecule has 0 spiro atoms. The summed E-state index contributed by atoms with van der Waals surface area (Å²) in [6.07, 6.45) is -1.21. The highest BCUT2D eigenvalue weighted by Crippen LogP contribution is 2.17. The Kier molecular flexibility index (Phi) is 5.84. The monoisotopic (exact) mass is 387 g/mol. The van der Waals surface area contributed by atoms with Crippen molar-refractivity contribution < 1.29 is 9.90 Å². The van der Waals surface area contributed by atoms with Crippen LogP contribution < -0.4 is 26.8 Å². The van der Waals surface area contributed by atoms with Crippen molar-refractivity contribution in [2.45, 2.75) is 19.5 Å². The van der Waals surface area contributed by atoms with E-state index in [4.69, 9.17) is 0 Å². The Bertz CT molecular complexity index is 961. The van der Waals surface area contributed by atoms with Gasteiger partial charge in [-0.15, -0.1) is 0 Å². The molecule has 0 radical (unpaired) electrons. The van der Waals surface area contributed by atoms with Crippen molar-refractivity contribution in [3.05, 3.63) is 62.4 Å². The molecule has 1 atom stereocenters. The third kappa shape index (κ3) is 3.94. The lowest BCUT2D eigenvalue weighted by Gasteiger charge is -2.31. The lowest BCUT2D eigenvalue weighted by Crippen LogP contribution is -2.50. The summed E-state index contributed by atoms with van der Waals surface area (Å²) in [5, 5.41) is 14.9. The summed E-state index contributed by atoms with van der Waals surface area (Å²) in [5.41, 5.74) is 0.926. The van der Waals surface area contributed by atoms with Gasteiger partial charge in [0.15, 0.2) is 0 Å². The summed E-state index contributed by atoms with van der Waals surface area (Å²) in [6, 6.07) is 8.20. The number of nitrogens with one attached hydrogen (secondary N) is 2. The largest absolute Gasteiger partial charge is 0.465 e. The standard InChI is InChI=1S/C19H25N5O4/c1-13-16(23-10-8-20-9-11-23)17(25)24(19(28)22(13)2)12-15(21-18(26)27)14-6-4-3-5-7-14/h3-7,15,20-21H,8-12H2,1-2H3,(H,26,27)/t15-/m0/s1. The molecule has 1 saturated heterocycles. The Balaban J connectivity index is 2.07. The van der Waals surface area contributed by atoms with E-state index in [1.165, 1.54) is 4.57 Å². The molecule has 9 heteroatoms. The molecule has 0 unspecified atom stereocenters. The van der Waals surface area contributed by atoms with Crippen LogP contribution in [0.5, 0.6) is 0 Å². The number of carbonyl (C=O) groups is 1. The molecule has 1 aromatic carbocycles. The Morgan fingerprint density at radius 1 is 1.21 bits per heavy atom. The molecule has 2 heterocycles. The van der Waals surface area contributed by atoms with Gasteiger partial charge in [0.2, 0.25) is 0 Å². The summed E-state index contributed by atoms with van der Waals surface area (Å²) < 4.78 is 2.57. The van der Waals surface area contributed by atoms with Crippen LogP contribution in [-0.2, 0) is 13.6 Å². The van der Waals surface area contributed by atoms with E-state index >= 15 is 0 Å². The molecule has 0 saturated carbocycles. The van der Waals surface area contributed by atoms with Gasteiger partial charge in [-0.05, 0) is 12.5 Å². The normalized spacial score (nSPS) is 15.3. The fraction of sp³-hybridized carbons (Fsp3) is 0.421. The summed E-state index contributed by atoms with van der Waals surface area (Å²) in [4.78, 5) is 39.3. The van der Waals surface area contributed by atoms with E-state index in [-0.39, 0.29) is 6.54 Å². The molecular weight excluding hydrogens is 362 g/mol. The smallest absolute Gasteiger partial charge is 0.405 e. The van der Waals surface area contributed by atoms with Gasteiger partial charge in [0.05, 0.1) is 12.6 Å². The van der Waals surface area contributed by atoms with Gasteiger partial charge in [-0.1, -0.05) is 30.3 Å². The maximum absolute atomic E-state index is 13.2. The van der Waals surface area contributed by atoms with Crippen LogP contribution in [0.3, 0.4) is 0 Å². The second-order valence-corrected chi connectivity index (χ2v) is 6.84. The van der Waals surface area contributed by atoms with E-state index in [1.54, 1.807) is 38.2 Å². The average Bonchev–Trinajstić information content (AvgIpc) is 2.70. The highest BCUT2D eigenvalue weighted by atomic mass is 16.4. The van der Waals surface area contributed by atoms with Gasteiger partial charge in [-0.25, -0.2) is 9.59 Å². The van der Waals surface area contributed by atoms with E-state index in [2.05, 4.69) is 10.6 Å². The highest BCUT2D eigenvalue weighted by molar-refractivity contribution is 5.65. The minimum Gasteiger partial charge on any atom is -0.465 e. The minimum absolute atomic E-state index is 0.0822. The van der Waals surface area contributed by atoms with Crippen LogP contribution in [-0.4, -0.2) is 46.5 Å². The molecule has 0 bridgehead atoms. The molecule has 0 aliphatic carbocycles. The predicted octanol–water partition coefficient (Wildman–Crippen LogP) is 0.274. The molecular formula is C19H25N5O4. The first-order chi connectivity index (χ1) is 13.4. The predicted molar refractivity (Wildman–Crippen MR) is 106 cm³/mol. The summed E-state index contributed by atoms with van der Waals surface area (Å²) in [6.45, 7) is 4.54. The number of rotatable bonds is 5. The number of amides is 1. The molecule has 1 aliphatic heterocycles. The van der Waals surface area contributed by atoms with Gasteiger partial charge < -0.3 is 20.6 Å². The zero-order valence-electron chi connectivity index (χ0n) is 16.0. The second-order valence-electron chi connectivity index (χ2n) is 6.84. The Morgan fingerprint density at radius 3 is 2.46 bits per heavy atom. The first-order valence-electron chi connectivity index (χ1n) is 9.20. The van der Waals surface area contributed by atoms with Crippen molar-refractivity contribution in [1.29, 1.82) is 0 Å². The van der Waals surface area contributed by atoms with Crippen LogP contribution in [0, 0.1) is 6.92 Å². The first kappa shape index (κ1) is 19.7. The number of nitrogens with zero attached hydrogens (tertiary/aromatic N) is 3. The summed E-state index contributed by atoms with van der Waals surface area (Å²) in [5.74, 6) is 0. The van der Waals surface area contributed by atoms with Crippen molar-refractivity contribution >= 4 is 11.8 Å². The maximum Gasteiger partial charge on any atom is 0.405 e. The highest BCUT2D eigenvalue weighted by Gasteiger charge is 2.24. The molecule has 3 rings (SSSR count). The van der Waals surface area contributed by atoms with Crippen molar-refractivity contribution in [3.8, 4) is 0 Å². The van der Waals surface area contributed by atoms with Gasteiger partial charge >= 0.3 is 11.8 Å². The van der Waals surface area contributed by atoms with Gasteiger partial charge in [-0.2, -0.15) is 0 Å². The number of piperazine rings is 1. The Morgan fingerprint density at radius 2 is 1.86 bits per heavy atom. The topological polar surface area (TPSA) is 109 Å². The Hall–Kier alpha value is -3.07. The fourth-order valence-corrected chi connectivity index (χ4v) is 3.52. The van der Waals surface area contributed by atoms with Gasteiger partial charge in [0.1, 0.15) is 5.69 Å². The van der Waals surface area contributed by atoms with E-state index in [0.29, 0.717) is 30.0 Å². The number of carboxylic acid groups (broad SMARTS) is 1. The van der Waals surface area contributed by atoms with E-state index in [9.17, 15) is 19.5 Å². The molecule has 28 heavy (non-hydrogen) atoms. The lowest BCUT2D eigenvalue weighted by atomic mass is 10.1. The van der Waals surface area contributed by atoms with E-state index < -0.39 is 23.4 Å². The van der Waals surface area contributed by atoms with Crippen LogP contribution in [0.1, 0.15) is 17.3 Å². The van der Waals surface area contributed by atoms with Crippen LogP contribution in [0.25, 0.3) is 0 Å². The van der Waals surface area contributed by atoms with Crippen LogP contribution in [0.4, 0.5) is 10.5 Å². The third-order valence-electron chi connectivity index (χ3n) is 5.11.